The Morgan fingerprint density at radius 1 is 1.50 bits per heavy atom. The number of anilines is 1. The largest absolute Gasteiger partial charge is 0.469 e. The molecule has 6 heteroatoms. The third-order valence-electron chi connectivity index (χ3n) is 2.67. The summed E-state index contributed by atoms with van der Waals surface area (Å²) in [6.07, 6.45) is -3.41. The number of rotatable bonds is 4. The van der Waals surface area contributed by atoms with Crippen molar-refractivity contribution in [2.24, 2.45) is 0 Å². The van der Waals surface area contributed by atoms with Gasteiger partial charge < -0.3 is 20.7 Å². The number of ether oxygens (including phenoxy) is 1. The molecule has 2 atom stereocenters. The van der Waals surface area contributed by atoms with Gasteiger partial charge in [-0.25, -0.2) is 4.39 Å². The van der Waals surface area contributed by atoms with Crippen molar-refractivity contribution in [3.05, 3.63) is 29.1 Å². The number of nitrogen functional groups attached to an aromatic ring is 1. The Morgan fingerprint density at radius 2 is 2.11 bits per heavy atom. The standard InChI is InChI=1S/C12H16FNO4/c1-6-3-8(13)7(4-9(6)14)12(17)10(15)5-11(16)18-2/h3-4,10,12,15,17H,5,14H2,1-2H3. The molecular formula is C12H16FNO4. The number of hydrogen-bond donors (Lipinski definition) is 3. The Kier molecular flexibility index (Phi) is 4.63. The predicted octanol–water partition coefficient (Wildman–Crippen LogP) is 0.674. The number of halogens is 1. The lowest BCUT2D eigenvalue weighted by Crippen LogP contribution is -2.23. The van der Waals surface area contributed by atoms with Crippen molar-refractivity contribution in [1.29, 1.82) is 0 Å². The zero-order valence-electron chi connectivity index (χ0n) is 10.2. The maximum atomic E-state index is 13.6. The lowest BCUT2D eigenvalue weighted by atomic mass is 9.99. The van der Waals surface area contributed by atoms with Gasteiger partial charge in [0.1, 0.15) is 11.9 Å². The molecule has 5 nitrogen and oxygen atoms in total. The fourth-order valence-electron chi connectivity index (χ4n) is 1.51. The zero-order chi connectivity index (χ0) is 13.9. The van der Waals surface area contributed by atoms with Crippen LogP contribution in [0, 0.1) is 12.7 Å². The molecule has 1 aromatic carbocycles. The van der Waals surface area contributed by atoms with Crippen LogP contribution in [0.25, 0.3) is 0 Å². The highest BCUT2D eigenvalue weighted by molar-refractivity contribution is 5.69. The number of carbonyl (C=O) groups is 1. The molecule has 18 heavy (non-hydrogen) atoms. The number of aliphatic hydroxyl groups excluding tert-OH is 2. The highest BCUT2D eigenvalue weighted by Crippen LogP contribution is 2.26. The van der Waals surface area contributed by atoms with Crippen LogP contribution < -0.4 is 5.73 Å². The molecule has 0 aromatic heterocycles. The summed E-state index contributed by atoms with van der Waals surface area (Å²) in [5.74, 6) is -1.37. The molecule has 0 fully saturated rings. The van der Waals surface area contributed by atoms with Gasteiger partial charge in [0, 0.05) is 11.3 Å². The van der Waals surface area contributed by atoms with Crippen LogP contribution in [0.5, 0.6) is 0 Å². The molecule has 0 heterocycles. The third kappa shape index (κ3) is 3.18. The first-order valence-corrected chi connectivity index (χ1v) is 5.35. The number of carbonyl (C=O) groups excluding carboxylic acids is 1. The van der Waals surface area contributed by atoms with Crippen molar-refractivity contribution in [2.75, 3.05) is 12.8 Å². The molecule has 0 saturated carbocycles. The van der Waals surface area contributed by atoms with Crippen molar-refractivity contribution < 1.29 is 24.1 Å². The first kappa shape index (κ1) is 14.4. The monoisotopic (exact) mass is 257 g/mol. The smallest absolute Gasteiger partial charge is 0.308 e. The Hall–Kier alpha value is -1.66. The Labute approximate surface area is 104 Å². The summed E-state index contributed by atoms with van der Waals surface area (Å²) in [7, 11) is 1.16. The minimum atomic E-state index is -1.54. The van der Waals surface area contributed by atoms with Gasteiger partial charge in [0.2, 0.25) is 0 Å². The van der Waals surface area contributed by atoms with Gasteiger partial charge >= 0.3 is 5.97 Å². The van der Waals surface area contributed by atoms with E-state index >= 15 is 0 Å². The highest BCUT2D eigenvalue weighted by Gasteiger charge is 2.24. The summed E-state index contributed by atoms with van der Waals surface area (Å²) in [6.45, 7) is 1.62. The first-order chi connectivity index (χ1) is 8.36. The van der Waals surface area contributed by atoms with Gasteiger partial charge in [0.05, 0.1) is 19.6 Å². The average Bonchev–Trinajstić information content (AvgIpc) is 2.32. The summed E-state index contributed by atoms with van der Waals surface area (Å²) in [4.78, 5) is 11.0. The van der Waals surface area contributed by atoms with E-state index in [1.165, 1.54) is 12.1 Å². The van der Waals surface area contributed by atoms with E-state index in [1.807, 2.05) is 0 Å². The molecule has 0 saturated heterocycles. The van der Waals surface area contributed by atoms with Crippen molar-refractivity contribution in [1.82, 2.24) is 0 Å². The van der Waals surface area contributed by atoms with Crippen LogP contribution in [0.4, 0.5) is 10.1 Å². The van der Waals surface area contributed by atoms with E-state index in [1.54, 1.807) is 6.92 Å². The van der Waals surface area contributed by atoms with E-state index < -0.39 is 30.4 Å². The van der Waals surface area contributed by atoms with Gasteiger partial charge in [0.15, 0.2) is 0 Å². The maximum Gasteiger partial charge on any atom is 0.308 e. The molecule has 0 aliphatic heterocycles. The van der Waals surface area contributed by atoms with Crippen molar-refractivity contribution >= 4 is 11.7 Å². The lowest BCUT2D eigenvalue weighted by molar-refractivity contribution is -0.144. The number of hydrogen-bond acceptors (Lipinski definition) is 5. The van der Waals surface area contributed by atoms with Crippen molar-refractivity contribution in [3.8, 4) is 0 Å². The summed E-state index contributed by atoms with van der Waals surface area (Å²) >= 11 is 0. The maximum absolute atomic E-state index is 13.6. The van der Waals surface area contributed by atoms with Crippen LogP contribution >= 0.6 is 0 Å². The van der Waals surface area contributed by atoms with Gasteiger partial charge in [-0.1, -0.05) is 0 Å². The van der Waals surface area contributed by atoms with E-state index in [4.69, 9.17) is 5.73 Å². The molecule has 4 N–H and O–H groups in total. The SMILES string of the molecule is COC(=O)CC(O)C(O)c1cc(N)c(C)cc1F. The molecule has 0 aliphatic rings. The van der Waals surface area contributed by atoms with Crippen molar-refractivity contribution in [2.45, 2.75) is 25.6 Å². The number of benzene rings is 1. The quantitative estimate of drug-likeness (QED) is 0.544. The molecule has 1 rings (SSSR count). The third-order valence-corrected chi connectivity index (χ3v) is 2.67. The van der Waals surface area contributed by atoms with Gasteiger partial charge in [-0.05, 0) is 24.6 Å². The topological polar surface area (TPSA) is 92.8 Å². The molecule has 1 aromatic rings. The summed E-state index contributed by atoms with van der Waals surface area (Å²) < 4.78 is 18.0. The van der Waals surface area contributed by atoms with Crippen LogP contribution in [0.3, 0.4) is 0 Å². The minimum absolute atomic E-state index is 0.144. The first-order valence-electron chi connectivity index (χ1n) is 5.35. The number of aliphatic hydroxyl groups is 2. The Balaban J connectivity index is 2.93. The lowest BCUT2D eigenvalue weighted by Gasteiger charge is -2.18. The summed E-state index contributed by atoms with van der Waals surface area (Å²) in [5, 5.41) is 19.4. The number of aryl methyl sites for hydroxylation is 1. The zero-order valence-corrected chi connectivity index (χ0v) is 10.2. The predicted molar refractivity (Wildman–Crippen MR) is 63.1 cm³/mol. The molecule has 100 valence electrons. The Bertz CT molecular complexity index is 450. The fourth-order valence-corrected chi connectivity index (χ4v) is 1.51. The van der Waals surface area contributed by atoms with Gasteiger partial charge in [-0.3, -0.25) is 4.79 Å². The van der Waals surface area contributed by atoms with Crippen LogP contribution in [0.2, 0.25) is 0 Å². The summed E-state index contributed by atoms with van der Waals surface area (Å²) in [6, 6.07) is 2.41. The van der Waals surface area contributed by atoms with Crippen LogP contribution in [-0.4, -0.2) is 29.4 Å². The van der Waals surface area contributed by atoms with Gasteiger partial charge in [-0.15, -0.1) is 0 Å². The van der Waals surface area contributed by atoms with E-state index in [0.717, 1.165) is 7.11 Å². The van der Waals surface area contributed by atoms with Crippen LogP contribution in [0.1, 0.15) is 23.7 Å². The molecule has 0 amide bonds. The minimum Gasteiger partial charge on any atom is -0.469 e. The normalized spacial score (nSPS) is 14.1. The second-order valence-electron chi connectivity index (χ2n) is 4.02. The van der Waals surface area contributed by atoms with Crippen LogP contribution in [0.15, 0.2) is 12.1 Å². The molecule has 0 aliphatic carbocycles. The summed E-state index contributed by atoms with van der Waals surface area (Å²) in [5.41, 5.74) is 6.29. The highest BCUT2D eigenvalue weighted by atomic mass is 19.1. The van der Waals surface area contributed by atoms with Crippen molar-refractivity contribution in [3.63, 3.8) is 0 Å². The van der Waals surface area contributed by atoms with Gasteiger partial charge in [0.25, 0.3) is 0 Å². The average molecular weight is 257 g/mol. The van der Waals surface area contributed by atoms with E-state index in [0.29, 0.717) is 11.3 Å². The Morgan fingerprint density at radius 3 is 2.67 bits per heavy atom. The number of methoxy groups -OCH3 is 1. The van der Waals surface area contributed by atoms with E-state index in [2.05, 4.69) is 4.74 Å². The molecule has 0 bridgehead atoms. The number of nitrogens with two attached hydrogens (primary N) is 1. The van der Waals surface area contributed by atoms with E-state index in [9.17, 15) is 19.4 Å². The molecule has 0 radical (unpaired) electrons. The number of esters is 1. The van der Waals surface area contributed by atoms with Gasteiger partial charge in [-0.2, -0.15) is 0 Å². The fraction of sp³-hybridized carbons (Fsp3) is 0.417. The molecule has 0 spiro atoms. The second kappa shape index (κ2) is 5.79. The van der Waals surface area contributed by atoms with E-state index in [-0.39, 0.29) is 5.56 Å². The second-order valence-corrected chi connectivity index (χ2v) is 4.02. The molecule has 2 unspecified atom stereocenters. The van der Waals surface area contributed by atoms with Crippen LogP contribution in [-0.2, 0) is 9.53 Å². The molecular weight excluding hydrogens is 241 g/mol.